The van der Waals surface area contributed by atoms with Crippen molar-refractivity contribution in [2.75, 3.05) is 43.5 Å². The van der Waals surface area contributed by atoms with Crippen molar-refractivity contribution >= 4 is 17.3 Å². The van der Waals surface area contributed by atoms with Crippen molar-refractivity contribution in [2.45, 2.75) is 32.2 Å². The standard InChI is InChI=1S/C26H33N5O/c1-20-6-4-14-27-26(20)29-25-9-3-8-24(28-25)22-7-5-15-31(19-22)18-21-10-12-23(13-11-21)30(2)16-17-32/h3-4,6,8-14,22,32H,5,7,15-19H2,1-2H3,(H,27,28,29)/t22-/m0/s1. The van der Waals surface area contributed by atoms with E-state index in [2.05, 4.69) is 69.5 Å². The number of pyridine rings is 2. The number of aromatic nitrogens is 2. The quantitative estimate of drug-likeness (QED) is 0.553. The molecule has 0 bridgehead atoms. The van der Waals surface area contributed by atoms with E-state index < -0.39 is 0 Å². The van der Waals surface area contributed by atoms with Crippen LogP contribution in [0.1, 0.15) is 35.6 Å². The number of anilines is 3. The molecule has 2 N–H and O–H groups in total. The van der Waals surface area contributed by atoms with Crippen LogP contribution < -0.4 is 10.2 Å². The number of likely N-dealkylation sites (N-methyl/N-ethyl adjacent to an activating group) is 1. The summed E-state index contributed by atoms with van der Waals surface area (Å²) in [7, 11) is 2.01. The number of hydrogen-bond acceptors (Lipinski definition) is 6. The number of rotatable bonds is 8. The Morgan fingerprint density at radius 1 is 1.12 bits per heavy atom. The highest BCUT2D eigenvalue weighted by atomic mass is 16.3. The Kier molecular flexibility index (Phi) is 7.35. The van der Waals surface area contributed by atoms with Gasteiger partial charge in [0.15, 0.2) is 0 Å². The van der Waals surface area contributed by atoms with Crippen LogP contribution >= 0.6 is 0 Å². The predicted molar refractivity (Wildman–Crippen MR) is 131 cm³/mol. The van der Waals surface area contributed by atoms with Crippen LogP contribution in [0.15, 0.2) is 60.8 Å². The first-order valence-electron chi connectivity index (χ1n) is 11.4. The van der Waals surface area contributed by atoms with Gasteiger partial charge in [0.05, 0.1) is 6.61 Å². The van der Waals surface area contributed by atoms with Crippen LogP contribution in [0.2, 0.25) is 0 Å². The van der Waals surface area contributed by atoms with E-state index in [0.29, 0.717) is 12.5 Å². The fourth-order valence-electron chi connectivity index (χ4n) is 4.32. The number of hydrogen-bond donors (Lipinski definition) is 2. The molecule has 168 valence electrons. The van der Waals surface area contributed by atoms with Crippen molar-refractivity contribution in [3.8, 4) is 0 Å². The summed E-state index contributed by atoms with van der Waals surface area (Å²) < 4.78 is 0. The molecule has 2 aromatic heterocycles. The molecule has 1 fully saturated rings. The summed E-state index contributed by atoms with van der Waals surface area (Å²) in [6.45, 7) is 5.95. The second-order valence-electron chi connectivity index (χ2n) is 8.63. The van der Waals surface area contributed by atoms with Crippen LogP contribution in [0.25, 0.3) is 0 Å². The predicted octanol–water partition coefficient (Wildman–Crippen LogP) is 4.34. The Morgan fingerprint density at radius 2 is 1.97 bits per heavy atom. The summed E-state index contributed by atoms with van der Waals surface area (Å²) >= 11 is 0. The third-order valence-corrected chi connectivity index (χ3v) is 6.17. The lowest BCUT2D eigenvalue weighted by Crippen LogP contribution is -2.34. The van der Waals surface area contributed by atoms with Gasteiger partial charge in [-0.2, -0.15) is 0 Å². The van der Waals surface area contributed by atoms with Crippen LogP contribution in [-0.2, 0) is 6.54 Å². The number of nitrogens with zero attached hydrogens (tertiary/aromatic N) is 4. The molecule has 0 aliphatic carbocycles. The number of benzene rings is 1. The maximum atomic E-state index is 9.13. The van der Waals surface area contributed by atoms with E-state index in [4.69, 9.17) is 10.1 Å². The van der Waals surface area contributed by atoms with Gasteiger partial charge in [-0.05, 0) is 67.8 Å². The fourth-order valence-corrected chi connectivity index (χ4v) is 4.32. The van der Waals surface area contributed by atoms with E-state index in [9.17, 15) is 0 Å². The van der Waals surface area contributed by atoms with Gasteiger partial charge in [0.25, 0.3) is 0 Å². The van der Waals surface area contributed by atoms with Gasteiger partial charge in [-0.3, -0.25) is 4.90 Å². The van der Waals surface area contributed by atoms with Gasteiger partial charge in [0.2, 0.25) is 0 Å². The SMILES string of the molecule is Cc1cccnc1Nc1cccc([C@H]2CCCN(Cc3ccc(N(C)CCO)cc3)C2)n1. The molecule has 1 aliphatic rings. The molecule has 32 heavy (non-hydrogen) atoms. The van der Waals surface area contributed by atoms with Crippen molar-refractivity contribution in [2.24, 2.45) is 0 Å². The first kappa shape index (κ1) is 22.2. The fraction of sp³-hybridized carbons (Fsp3) is 0.385. The van der Waals surface area contributed by atoms with Gasteiger partial charge in [-0.15, -0.1) is 0 Å². The molecule has 4 rings (SSSR count). The van der Waals surface area contributed by atoms with Gasteiger partial charge in [0.1, 0.15) is 11.6 Å². The number of likely N-dealkylation sites (tertiary alicyclic amines) is 1. The van der Waals surface area contributed by atoms with Crippen LogP contribution in [0.4, 0.5) is 17.3 Å². The second-order valence-corrected chi connectivity index (χ2v) is 8.63. The second kappa shape index (κ2) is 10.6. The van der Waals surface area contributed by atoms with E-state index in [0.717, 1.165) is 48.2 Å². The van der Waals surface area contributed by atoms with E-state index in [-0.39, 0.29) is 6.61 Å². The Hall–Kier alpha value is -2.96. The van der Waals surface area contributed by atoms with Crippen molar-refractivity contribution in [3.05, 3.63) is 77.6 Å². The van der Waals surface area contributed by atoms with Gasteiger partial charge >= 0.3 is 0 Å². The molecule has 0 spiro atoms. The van der Waals surface area contributed by atoms with Crippen LogP contribution in [0, 0.1) is 6.92 Å². The van der Waals surface area contributed by atoms with Crippen LogP contribution in [0.5, 0.6) is 0 Å². The molecule has 1 aromatic carbocycles. The smallest absolute Gasteiger partial charge is 0.134 e. The van der Waals surface area contributed by atoms with Crippen molar-refractivity contribution < 1.29 is 5.11 Å². The number of aliphatic hydroxyl groups is 1. The Balaban J connectivity index is 1.39. The minimum Gasteiger partial charge on any atom is -0.395 e. The minimum absolute atomic E-state index is 0.166. The van der Waals surface area contributed by atoms with E-state index in [1.54, 1.807) is 6.20 Å². The highest BCUT2D eigenvalue weighted by Gasteiger charge is 2.22. The first-order valence-corrected chi connectivity index (χ1v) is 11.4. The van der Waals surface area contributed by atoms with Crippen LogP contribution in [0.3, 0.4) is 0 Å². The normalized spacial score (nSPS) is 16.7. The maximum Gasteiger partial charge on any atom is 0.134 e. The lowest BCUT2D eigenvalue weighted by Gasteiger charge is -2.32. The number of aryl methyl sites for hydroxylation is 1. The molecule has 0 radical (unpaired) electrons. The zero-order valence-corrected chi connectivity index (χ0v) is 19.0. The third-order valence-electron chi connectivity index (χ3n) is 6.17. The summed E-state index contributed by atoms with van der Waals surface area (Å²) in [6.07, 6.45) is 4.15. The van der Waals surface area contributed by atoms with Gasteiger partial charge < -0.3 is 15.3 Å². The Morgan fingerprint density at radius 3 is 2.75 bits per heavy atom. The maximum absolute atomic E-state index is 9.13. The molecule has 6 nitrogen and oxygen atoms in total. The Bertz CT molecular complexity index is 1010. The molecular formula is C26H33N5O. The zero-order chi connectivity index (χ0) is 22.3. The molecule has 0 unspecified atom stereocenters. The highest BCUT2D eigenvalue weighted by molar-refractivity contribution is 5.55. The first-order chi connectivity index (χ1) is 15.6. The molecule has 0 saturated carbocycles. The lowest BCUT2D eigenvalue weighted by molar-refractivity contribution is 0.198. The van der Waals surface area contributed by atoms with Crippen LogP contribution in [-0.4, -0.2) is 53.3 Å². The minimum atomic E-state index is 0.166. The molecule has 0 amide bonds. The molecule has 6 heteroatoms. The van der Waals surface area contributed by atoms with E-state index in [1.165, 1.54) is 18.4 Å². The third kappa shape index (κ3) is 5.64. The number of nitrogens with one attached hydrogen (secondary N) is 1. The largest absolute Gasteiger partial charge is 0.395 e. The molecule has 1 atom stereocenters. The molecule has 3 heterocycles. The Labute approximate surface area is 190 Å². The van der Waals surface area contributed by atoms with Gasteiger partial charge in [0, 0.05) is 50.2 Å². The zero-order valence-electron chi connectivity index (χ0n) is 19.0. The summed E-state index contributed by atoms with van der Waals surface area (Å²) in [4.78, 5) is 13.9. The highest BCUT2D eigenvalue weighted by Crippen LogP contribution is 2.28. The summed E-state index contributed by atoms with van der Waals surface area (Å²) in [5.74, 6) is 2.14. The van der Waals surface area contributed by atoms with Crippen molar-refractivity contribution in [3.63, 3.8) is 0 Å². The van der Waals surface area contributed by atoms with E-state index in [1.807, 2.05) is 19.2 Å². The molecule has 1 aliphatic heterocycles. The summed E-state index contributed by atoms with van der Waals surface area (Å²) in [5.41, 5.74) is 4.71. The topological polar surface area (TPSA) is 64.5 Å². The lowest BCUT2D eigenvalue weighted by atomic mass is 9.94. The monoisotopic (exact) mass is 431 g/mol. The molecule has 3 aromatic rings. The average molecular weight is 432 g/mol. The van der Waals surface area contributed by atoms with Crippen molar-refractivity contribution in [1.29, 1.82) is 0 Å². The van der Waals surface area contributed by atoms with Gasteiger partial charge in [-0.1, -0.05) is 24.3 Å². The van der Waals surface area contributed by atoms with E-state index >= 15 is 0 Å². The van der Waals surface area contributed by atoms with Gasteiger partial charge in [-0.25, -0.2) is 9.97 Å². The number of piperidine rings is 1. The van der Waals surface area contributed by atoms with Crippen molar-refractivity contribution in [1.82, 2.24) is 14.9 Å². The molecular weight excluding hydrogens is 398 g/mol. The summed E-state index contributed by atoms with van der Waals surface area (Å²) in [5, 5.41) is 12.5. The number of aliphatic hydroxyl groups excluding tert-OH is 1. The summed E-state index contributed by atoms with van der Waals surface area (Å²) in [6, 6.07) is 18.9. The average Bonchev–Trinajstić information content (AvgIpc) is 2.82. The molecule has 1 saturated heterocycles.